The summed E-state index contributed by atoms with van der Waals surface area (Å²) < 4.78 is 2.62. The van der Waals surface area contributed by atoms with Gasteiger partial charge in [-0.15, -0.1) is 0 Å². The van der Waals surface area contributed by atoms with Crippen LogP contribution in [0.1, 0.15) is 89.2 Å². The van der Waals surface area contributed by atoms with Gasteiger partial charge in [-0.3, -0.25) is 5.32 Å². The normalized spacial score (nSPS) is 22.8. The third-order valence-electron chi connectivity index (χ3n) is 13.2. The van der Waals surface area contributed by atoms with Gasteiger partial charge in [-0.2, -0.15) is 0 Å². The number of hydrogen-bond acceptors (Lipinski definition) is 2. The molecular weight excluding hydrogens is 679 g/mol. The quantitative estimate of drug-likeness (QED) is 0.179. The van der Waals surface area contributed by atoms with Crippen LogP contribution < -0.4 is 10.6 Å². The van der Waals surface area contributed by atoms with Gasteiger partial charge in [-0.25, -0.2) is 0 Å². The fourth-order valence-electron chi connectivity index (χ4n) is 10.6. The number of fused-ring (bicyclic) bond motifs is 5. The van der Waals surface area contributed by atoms with E-state index in [0.29, 0.717) is 11.8 Å². The number of nitrogens with zero attached hydrogens (tertiary/aromatic N) is 1. The minimum atomic E-state index is 0.150. The van der Waals surface area contributed by atoms with E-state index in [1.54, 1.807) is 0 Å². The summed E-state index contributed by atoms with van der Waals surface area (Å²) in [6.45, 7) is 0. The molecule has 3 nitrogen and oxygen atoms in total. The van der Waals surface area contributed by atoms with E-state index in [1.165, 1.54) is 83.8 Å². The van der Waals surface area contributed by atoms with Crippen LogP contribution in [-0.4, -0.2) is 4.57 Å². The van der Waals surface area contributed by atoms with Crippen molar-refractivity contribution in [3.05, 3.63) is 220 Å². The van der Waals surface area contributed by atoms with Crippen molar-refractivity contribution < 1.29 is 0 Å². The van der Waals surface area contributed by atoms with Crippen LogP contribution in [0, 0.1) is 5.92 Å². The SMILES string of the molecule is C1=CC2=C(CC1)NC1=C(c3ccccc3-n3c4c(c5ccccc53)CC(c3ccccc3C3CC(c5ccccc5)=CC(c5ccccc5)N3)CC4)C=CC[C@@H]21. The van der Waals surface area contributed by atoms with Crippen molar-refractivity contribution in [1.82, 2.24) is 15.2 Å². The van der Waals surface area contributed by atoms with E-state index in [0.717, 1.165) is 44.9 Å². The van der Waals surface area contributed by atoms with E-state index in [9.17, 15) is 0 Å². The Balaban J connectivity index is 0.970. The Morgan fingerprint density at radius 1 is 0.661 bits per heavy atom. The molecular formula is C53H47N3. The van der Waals surface area contributed by atoms with Crippen LogP contribution in [0.2, 0.25) is 0 Å². The lowest BCUT2D eigenvalue weighted by molar-refractivity contribution is 0.472. The first-order chi connectivity index (χ1) is 27.8. The smallest absolute Gasteiger partial charge is 0.0537 e. The molecule has 56 heavy (non-hydrogen) atoms. The zero-order valence-electron chi connectivity index (χ0n) is 31.8. The van der Waals surface area contributed by atoms with Gasteiger partial charge in [0, 0.05) is 45.6 Å². The van der Waals surface area contributed by atoms with Gasteiger partial charge in [-0.1, -0.05) is 152 Å². The van der Waals surface area contributed by atoms with Crippen LogP contribution in [0.4, 0.5) is 0 Å². The van der Waals surface area contributed by atoms with Crippen LogP contribution in [0.25, 0.3) is 27.7 Å². The Kier molecular flexibility index (Phi) is 8.36. The Hall–Kier alpha value is -5.90. The number of benzene rings is 5. The molecule has 2 aliphatic heterocycles. The topological polar surface area (TPSA) is 29.0 Å². The molecule has 6 aromatic rings. The van der Waals surface area contributed by atoms with Gasteiger partial charge < -0.3 is 9.88 Å². The predicted octanol–water partition coefficient (Wildman–Crippen LogP) is 12.3. The predicted molar refractivity (Wildman–Crippen MR) is 231 cm³/mol. The second kappa shape index (κ2) is 14.0. The average Bonchev–Trinajstić information content (AvgIpc) is 3.82. The zero-order valence-corrected chi connectivity index (χ0v) is 31.8. The number of nitrogens with one attached hydrogen (secondary N) is 2. The standard InChI is InChI=1S/C53H47N3/c1-3-16-35(17-4-1)38-33-48(36-18-5-2-6-19-36)54-49(34-38)40-21-8-7-20-39(40)37-30-31-52-46(32-37)43-24-11-14-29-51(43)56(52)50-28-13-10-23-42(50)45-26-15-25-44-41-22-9-12-27-47(41)55-53(44)45/h1-11,13-24,26,28-29,33,37,44,48-49,54-55H,12,25,27,30-32,34H2/t37?,44-,48?,49?/m0/s1. The summed E-state index contributed by atoms with van der Waals surface area (Å²) in [5.74, 6) is 0.864. The average molecular weight is 726 g/mol. The first-order valence-electron chi connectivity index (χ1n) is 20.7. The molecule has 0 saturated heterocycles. The zero-order chi connectivity index (χ0) is 37.0. The van der Waals surface area contributed by atoms with E-state index in [1.807, 2.05) is 0 Å². The molecule has 5 aromatic carbocycles. The molecule has 274 valence electrons. The van der Waals surface area contributed by atoms with Crippen LogP contribution in [-0.2, 0) is 12.8 Å². The Bertz CT molecular complexity index is 2630. The maximum absolute atomic E-state index is 4.11. The monoisotopic (exact) mass is 725 g/mol. The second-order valence-electron chi connectivity index (χ2n) is 16.3. The molecule has 0 fully saturated rings. The number of hydrogen-bond donors (Lipinski definition) is 2. The van der Waals surface area contributed by atoms with Gasteiger partial charge in [0.15, 0.2) is 0 Å². The molecule has 5 aliphatic rings. The fourth-order valence-corrected chi connectivity index (χ4v) is 10.6. The lowest BCUT2D eigenvalue weighted by Gasteiger charge is -2.34. The summed E-state index contributed by atoms with van der Waals surface area (Å²) in [5, 5.41) is 9.43. The minimum absolute atomic E-state index is 0.150. The van der Waals surface area contributed by atoms with Gasteiger partial charge >= 0.3 is 0 Å². The Morgan fingerprint density at radius 3 is 2.32 bits per heavy atom. The van der Waals surface area contributed by atoms with E-state index in [4.69, 9.17) is 0 Å². The summed E-state index contributed by atoms with van der Waals surface area (Å²) in [6, 6.07) is 49.9. The van der Waals surface area contributed by atoms with E-state index in [2.05, 4.69) is 179 Å². The van der Waals surface area contributed by atoms with E-state index >= 15 is 0 Å². The number of allylic oxidation sites excluding steroid dienone is 7. The molecule has 2 N–H and O–H groups in total. The molecule has 0 radical (unpaired) electrons. The fraction of sp³-hybridized carbons (Fsp3) is 0.208. The molecule has 4 atom stereocenters. The van der Waals surface area contributed by atoms with Crippen molar-refractivity contribution in [3.63, 3.8) is 0 Å². The van der Waals surface area contributed by atoms with E-state index in [-0.39, 0.29) is 12.1 Å². The maximum Gasteiger partial charge on any atom is 0.0537 e. The first kappa shape index (κ1) is 33.4. The molecule has 1 aromatic heterocycles. The minimum Gasteiger partial charge on any atom is -0.361 e. The summed E-state index contributed by atoms with van der Waals surface area (Å²) in [4.78, 5) is 0. The molecule has 3 heterocycles. The number of aromatic nitrogens is 1. The van der Waals surface area contributed by atoms with Gasteiger partial charge in [0.05, 0.1) is 17.2 Å². The molecule has 3 heteroatoms. The molecule has 3 aliphatic carbocycles. The van der Waals surface area contributed by atoms with Crippen molar-refractivity contribution in [2.45, 2.75) is 62.9 Å². The van der Waals surface area contributed by atoms with Gasteiger partial charge in [0.1, 0.15) is 0 Å². The van der Waals surface area contributed by atoms with Crippen molar-refractivity contribution in [3.8, 4) is 5.69 Å². The summed E-state index contributed by atoms with van der Waals surface area (Å²) >= 11 is 0. The summed E-state index contributed by atoms with van der Waals surface area (Å²) in [5.41, 5.74) is 19.5. The summed E-state index contributed by atoms with van der Waals surface area (Å²) in [6.07, 6.45) is 19.4. The van der Waals surface area contributed by atoms with Crippen molar-refractivity contribution in [1.29, 1.82) is 0 Å². The lowest BCUT2D eigenvalue weighted by atomic mass is 9.77. The third-order valence-corrected chi connectivity index (χ3v) is 13.2. The van der Waals surface area contributed by atoms with Crippen molar-refractivity contribution in [2.75, 3.05) is 0 Å². The molecule has 0 spiro atoms. The molecule has 0 saturated carbocycles. The second-order valence-corrected chi connectivity index (χ2v) is 16.3. The maximum atomic E-state index is 4.11. The lowest BCUT2D eigenvalue weighted by Crippen LogP contribution is -2.30. The van der Waals surface area contributed by atoms with Crippen LogP contribution in [0.5, 0.6) is 0 Å². The third kappa shape index (κ3) is 5.68. The highest BCUT2D eigenvalue weighted by atomic mass is 15.0. The van der Waals surface area contributed by atoms with Crippen molar-refractivity contribution in [2.24, 2.45) is 5.92 Å². The Labute approximate surface area is 330 Å². The largest absolute Gasteiger partial charge is 0.361 e. The van der Waals surface area contributed by atoms with Crippen LogP contribution in [0.15, 0.2) is 181 Å². The number of rotatable bonds is 6. The highest BCUT2D eigenvalue weighted by molar-refractivity contribution is 5.91. The van der Waals surface area contributed by atoms with Crippen LogP contribution in [0.3, 0.4) is 0 Å². The highest BCUT2D eigenvalue weighted by Crippen LogP contribution is 2.47. The van der Waals surface area contributed by atoms with Crippen LogP contribution >= 0.6 is 0 Å². The number of para-hydroxylation sites is 2. The summed E-state index contributed by atoms with van der Waals surface area (Å²) in [7, 11) is 0. The first-order valence-corrected chi connectivity index (χ1v) is 20.7. The highest BCUT2D eigenvalue weighted by Gasteiger charge is 2.35. The van der Waals surface area contributed by atoms with Crippen molar-refractivity contribution >= 4 is 22.0 Å². The molecule has 3 unspecified atom stereocenters. The van der Waals surface area contributed by atoms with E-state index < -0.39 is 0 Å². The van der Waals surface area contributed by atoms with Gasteiger partial charge in [0.2, 0.25) is 0 Å². The van der Waals surface area contributed by atoms with Gasteiger partial charge in [-0.05, 0) is 102 Å². The van der Waals surface area contributed by atoms with Gasteiger partial charge in [0.25, 0.3) is 0 Å². The molecule has 11 rings (SSSR count). The molecule has 0 bridgehead atoms. The Morgan fingerprint density at radius 2 is 1.43 bits per heavy atom. The molecule has 0 amide bonds.